The van der Waals surface area contributed by atoms with Crippen LogP contribution in [0.5, 0.6) is 0 Å². The minimum atomic E-state index is -0.574. The van der Waals surface area contributed by atoms with Crippen molar-refractivity contribution in [2.45, 2.75) is 25.7 Å². The summed E-state index contributed by atoms with van der Waals surface area (Å²) >= 11 is 0. The Morgan fingerprint density at radius 1 is 1.33 bits per heavy atom. The monoisotopic (exact) mass is 284 g/mol. The Morgan fingerprint density at radius 2 is 2.14 bits per heavy atom. The average Bonchev–Trinajstić information content (AvgIpc) is 2.49. The summed E-state index contributed by atoms with van der Waals surface area (Å²) in [6.45, 7) is 0. The van der Waals surface area contributed by atoms with Gasteiger partial charge in [-0.15, -0.1) is 0 Å². The number of hydrogen-bond donors (Lipinski definition) is 2. The Balaban J connectivity index is 1.94. The van der Waals surface area contributed by atoms with Gasteiger partial charge in [0.05, 0.1) is 11.3 Å². The first-order valence-electron chi connectivity index (χ1n) is 6.76. The third-order valence-electron chi connectivity index (χ3n) is 3.54. The van der Waals surface area contributed by atoms with Gasteiger partial charge in [0.15, 0.2) is 0 Å². The van der Waals surface area contributed by atoms with Crippen LogP contribution in [0.15, 0.2) is 23.0 Å². The lowest BCUT2D eigenvalue weighted by Gasteiger charge is -2.15. The fraction of sp³-hybridized carbons (Fsp3) is 0.267. The summed E-state index contributed by atoms with van der Waals surface area (Å²) in [6, 6.07) is 5.86. The van der Waals surface area contributed by atoms with E-state index in [9.17, 15) is 9.18 Å². The molecule has 0 aliphatic heterocycles. The molecule has 21 heavy (non-hydrogen) atoms. The van der Waals surface area contributed by atoms with Gasteiger partial charge in [0.25, 0.3) is 5.56 Å². The number of aromatic nitrogens is 2. The van der Waals surface area contributed by atoms with E-state index in [0.717, 1.165) is 36.9 Å². The predicted molar refractivity (Wildman–Crippen MR) is 75.9 cm³/mol. The molecule has 0 fully saturated rings. The van der Waals surface area contributed by atoms with Gasteiger partial charge in [0.1, 0.15) is 11.9 Å². The lowest BCUT2D eigenvalue weighted by Crippen LogP contribution is -2.22. The number of halogens is 1. The summed E-state index contributed by atoms with van der Waals surface area (Å²) in [5, 5.41) is 11.7. The molecule has 2 N–H and O–H groups in total. The van der Waals surface area contributed by atoms with Crippen molar-refractivity contribution in [1.82, 2.24) is 9.97 Å². The summed E-state index contributed by atoms with van der Waals surface area (Å²) < 4.78 is 13.3. The Morgan fingerprint density at radius 3 is 2.95 bits per heavy atom. The first-order valence-corrected chi connectivity index (χ1v) is 6.76. The van der Waals surface area contributed by atoms with Crippen molar-refractivity contribution in [2.24, 2.45) is 0 Å². The molecule has 1 aliphatic rings. The molecule has 0 unspecified atom stereocenters. The van der Waals surface area contributed by atoms with E-state index in [4.69, 9.17) is 5.26 Å². The van der Waals surface area contributed by atoms with Crippen LogP contribution < -0.4 is 10.9 Å². The van der Waals surface area contributed by atoms with Gasteiger partial charge in [-0.3, -0.25) is 9.78 Å². The standard InChI is InChI=1S/C15H13FN4O/c16-12-6-5-10(7-9(12)8-17)18-15-19-13-4-2-1-3-11(13)14(21)20-15/h5-7H,1-4H2,(H2,18,19,20,21). The van der Waals surface area contributed by atoms with E-state index in [0.29, 0.717) is 11.6 Å². The number of nitriles is 1. The zero-order valence-electron chi connectivity index (χ0n) is 11.2. The molecule has 3 rings (SSSR count). The molecule has 0 radical (unpaired) electrons. The van der Waals surface area contributed by atoms with Gasteiger partial charge in [0, 0.05) is 11.3 Å². The van der Waals surface area contributed by atoms with Crippen LogP contribution in [0.2, 0.25) is 0 Å². The molecule has 0 spiro atoms. The second kappa shape index (κ2) is 5.37. The van der Waals surface area contributed by atoms with Crippen LogP contribution in [-0.2, 0) is 12.8 Å². The van der Waals surface area contributed by atoms with Crippen LogP contribution in [0.4, 0.5) is 16.0 Å². The molecule has 5 nitrogen and oxygen atoms in total. The molecule has 0 atom stereocenters. The van der Waals surface area contributed by atoms with Crippen molar-refractivity contribution in [3.8, 4) is 6.07 Å². The summed E-state index contributed by atoms with van der Waals surface area (Å²) in [5.74, 6) is -0.258. The van der Waals surface area contributed by atoms with Gasteiger partial charge in [-0.2, -0.15) is 5.26 Å². The number of nitrogens with zero attached hydrogens (tertiary/aromatic N) is 2. The maximum absolute atomic E-state index is 13.3. The molecule has 6 heteroatoms. The minimum absolute atomic E-state index is 0.0553. The molecule has 0 saturated carbocycles. The highest BCUT2D eigenvalue weighted by atomic mass is 19.1. The van der Waals surface area contributed by atoms with Crippen LogP contribution in [0.3, 0.4) is 0 Å². The van der Waals surface area contributed by atoms with Crippen molar-refractivity contribution in [2.75, 3.05) is 5.32 Å². The highest BCUT2D eigenvalue weighted by molar-refractivity contribution is 5.56. The Kier molecular flexibility index (Phi) is 3.40. The molecule has 106 valence electrons. The summed E-state index contributed by atoms with van der Waals surface area (Å²) in [6.07, 6.45) is 3.58. The predicted octanol–water partition coefficient (Wildman–Crippen LogP) is 2.40. The molecule has 0 amide bonds. The van der Waals surface area contributed by atoms with E-state index in [1.807, 2.05) is 0 Å². The van der Waals surface area contributed by atoms with E-state index in [2.05, 4.69) is 15.3 Å². The highest BCUT2D eigenvalue weighted by Crippen LogP contribution is 2.20. The van der Waals surface area contributed by atoms with Gasteiger partial charge in [-0.1, -0.05) is 0 Å². The normalized spacial score (nSPS) is 13.3. The molecular formula is C15H13FN4O. The first kappa shape index (κ1) is 13.3. The molecule has 1 aromatic carbocycles. The van der Waals surface area contributed by atoms with Crippen LogP contribution >= 0.6 is 0 Å². The number of aromatic amines is 1. The third-order valence-corrected chi connectivity index (χ3v) is 3.54. The Labute approximate surface area is 120 Å². The Hall–Kier alpha value is -2.68. The van der Waals surface area contributed by atoms with E-state index >= 15 is 0 Å². The number of fused-ring (bicyclic) bond motifs is 1. The fourth-order valence-electron chi connectivity index (χ4n) is 2.49. The average molecular weight is 284 g/mol. The fourth-order valence-corrected chi connectivity index (χ4v) is 2.49. The van der Waals surface area contributed by atoms with Crippen LogP contribution in [0.1, 0.15) is 29.7 Å². The number of nitrogens with one attached hydrogen (secondary N) is 2. The molecule has 1 heterocycles. The smallest absolute Gasteiger partial charge is 0.255 e. The summed E-state index contributed by atoms with van der Waals surface area (Å²) in [4.78, 5) is 19.1. The maximum atomic E-state index is 13.3. The van der Waals surface area contributed by atoms with Gasteiger partial charge in [-0.05, 0) is 43.9 Å². The molecular weight excluding hydrogens is 271 g/mol. The SMILES string of the molecule is N#Cc1cc(Nc2nc3c(c(=O)[nH]2)CCCC3)ccc1F. The molecule has 0 bridgehead atoms. The van der Waals surface area contributed by atoms with Crippen molar-refractivity contribution < 1.29 is 4.39 Å². The summed E-state index contributed by atoms with van der Waals surface area (Å²) in [5.41, 5.74) is 1.88. The quantitative estimate of drug-likeness (QED) is 0.887. The van der Waals surface area contributed by atoms with Crippen molar-refractivity contribution in [3.05, 3.63) is 51.2 Å². The topological polar surface area (TPSA) is 81.6 Å². The zero-order chi connectivity index (χ0) is 14.8. The zero-order valence-corrected chi connectivity index (χ0v) is 11.2. The third kappa shape index (κ3) is 2.63. The molecule has 0 saturated heterocycles. The lowest BCUT2D eigenvalue weighted by molar-refractivity contribution is 0.624. The summed E-state index contributed by atoms with van der Waals surface area (Å²) in [7, 11) is 0. The van der Waals surface area contributed by atoms with E-state index < -0.39 is 5.82 Å². The Bertz CT molecular complexity index is 791. The van der Waals surface area contributed by atoms with Gasteiger partial charge in [0.2, 0.25) is 5.95 Å². The number of benzene rings is 1. The second-order valence-corrected chi connectivity index (χ2v) is 4.98. The van der Waals surface area contributed by atoms with E-state index in [-0.39, 0.29) is 11.1 Å². The van der Waals surface area contributed by atoms with Crippen LogP contribution in [-0.4, -0.2) is 9.97 Å². The second-order valence-electron chi connectivity index (χ2n) is 4.98. The number of rotatable bonds is 2. The molecule has 1 aliphatic carbocycles. The largest absolute Gasteiger partial charge is 0.326 e. The molecule has 1 aromatic heterocycles. The molecule has 2 aromatic rings. The minimum Gasteiger partial charge on any atom is -0.326 e. The van der Waals surface area contributed by atoms with Gasteiger partial charge < -0.3 is 5.32 Å². The van der Waals surface area contributed by atoms with Crippen LogP contribution in [0.25, 0.3) is 0 Å². The lowest BCUT2D eigenvalue weighted by atomic mass is 9.97. The number of H-pyrrole nitrogens is 1. The number of anilines is 2. The van der Waals surface area contributed by atoms with Crippen LogP contribution in [0, 0.1) is 17.1 Å². The number of hydrogen-bond acceptors (Lipinski definition) is 4. The van der Waals surface area contributed by atoms with Crippen molar-refractivity contribution in [1.29, 1.82) is 5.26 Å². The van der Waals surface area contributed by atoms with Gasteiger partial charge in [-0.25, -0.2) is 9.37 Å². The van der Waals surface area contributed by atoms with E-state index in [1.54, 1.807) is 6.07 Å². The van der Waals surface area contributed by atoms with Gasteiger partial charge >= 0.3 is 0 Å². The first-order chi connectivity index (χ1) is 10.2. The maximum Gasteiger partial charge on any atom is 0.255 e. The van der Waals surface area contributed by atoms with Crippen molar-refractivity contribution >= 4 is 11.6 Å². The number of aryl methyl sites for hydroxylation is 1. The van der Waals surface area contributed by atoms with Crippen molar-refractivity contribution in [3.63, 3.8) is 0 Å². The highest BCUT2D eigenvalue weighted by Gasteiger charge is 2.15. The van der Waals surface area contributed by atoms with E-state index in [1.165, 1.54) is 18.2 Å².